The van der Waals surface area contributed by atoms with Crippen LogP contribution in [0.15, 0.2) is 72.0 Å². The summed E-state index contributed by atoms with van der Waals surface area (Å²) in [5.41, 5.74) is 3.79. The molecule has 0 saturated carbocycles. The van der Waals surface area contributed by atoms with Gasteiger partial charge in [0.15, 0.2) is 0 Å². The summed E-state index contributed by atoms with van der Waals surface area (Å²) < 4.78 is 47.7. The second-order valence-corrected chi connectivity index (χ2v) is 7.76. The number of imidazole rings is 1. The van der Waals surface area contributed by atoms with E-state index in [1.54, 1.807) is 40.7 Å². The monoisotopic (exact) mass is 474 g/mol. The van der Waals surface area contributed by atoms with E-state index in [9.17, 15) is 18.4 Å². The lowest BCUT2D eigenvalue weighted by atomic mass is 10.0. The number of rotatable bonds is 3. The molecule has 0 atom stereocenters. The van der Waals surface area contributed by atoms with Crippen LogP contribution in [0, 0.1) is 11.5 Å². The summed E-state index contributed by atoms with van der Waals surface area (Å²) in [7, 11) is 3.30. The maximum absolute atomic E-state index is 13.0. The third-order valence-corrected chi connectivity index (χ3v) is 5.79. The zero-order valence-electron chi connectivity index (χ0n) is 18.6. The number of aromatic nitrogens is 4. The van der Waals surface area contributed by atoms with E-state index in [0.29, 0.717) is 33.8 Å². The SMILES string of the molecule is COc1ccc(-n2/c(=N\C#N)n(C)c3cnc4ccc(-c5ccc(C(F)(F)F)cc5)cc4c32)cn1. The Hall–Kier alpha value is -4.65. The van der Waals surface area contributed by atoms with Gasteiger partial charge in [0.1, 0.15) is 0 Å². The molecule has 174 valence electrons. The van der Waals surface area contributed by atoms with E-state index in [-0.39, 0.29) is 0 Å². The van der Waals surface area contributed by atoms with Gasteiger partial charge in [-0.15, -0.1) is 4.99 Å². The van der Waals surface area contributed by atoms with Gasteiger partial charge in [0, 0.05) is 18.5 Å². The highest BCUT2D eigenvalue weighted by atomic mass is 19.4. The first-order valence-electron chi connectivity index (χ1n) is 10.4. The van der Waals surface area contributed by atoms with Crippen molar-refractivity contribution in [3.63, 3.8) is 0 Å². The van der Waals surface area contributed by atoms with Crippen LogP contribution in [0.4, 0.5) is 13.2 Å². The highest BCUT2D eigenvalue weighted by Crippen LogP contribution is 2.33. The fraction of sp³-hybridized carbons (Fsp3) is 0.120. The molecule has 0 spiro atoms. The van der Waals surface area contributed by atoms with E-state index in [0.717, 1.165) is 28.6 Å². The molecule has 0 bridgehead atoms. The Morgan fingerprint density at radius 2 is 1.71 bits per heavy atom. The van der Waals surface area contributed by atoms with Crippen LogP contribution in [-0.4, -0.2) is 26.2 Å². The highest BCUT2D eigenvalue weighted by Gasteiger charge is 2.30. The van der Waals surface area contributed by atoms with Crippen molar-refractivity contribution in [2.45, 2.75) is 6.18 Å². The van der Waals surface area contributed by atoms with Crippen LogP contribution in [0.2, 0.25) is 0 Å². The van der Waals surface area contributed by atoms with Gasteiger partial charge in [0.2, 0.25) is 17.7 Å². The molecule has 3 heterocycles. The number of benzene rings is 2. The molecule has 35 heavy (non-hydrogen) atoms. The van der Waals surface area contributed by atoms with Crippen molar-refractivity contribution in [1.82, 2.24) is 19.1 Å². The minimum Gasteiger partial charge on any atom is -0.481 e. The van der Waals surface area contributed by atoms with E-state index in [4.69, 9.17) is 4.74 Å². The number of hydrogen-bond acceptors (Lipinski definition) is 5. The molecule has 5 aromatic rings. The van der Waals surface area contributed by atoms with Crippen molar-refractivity contribution in [1.29, 1.82) is 5.26 Å². The zero-order chi connectivity index (χ0) is 24.7. The summed E-state index contributed by atoms with van der Waals surface area (Å²) in [5.74, 6) is 0.435. The molecule has 0 saturated heterocycles. The fourth-order valence-corrected chi connectivity index (χ4v) is 4.08. The van der Waals surface area contributed by atoms with Crippen molar-refractivity contribution in [3.05, 3.63) is 78.2 Å². The number of alkyl halides is 3. The summed E-state index contributed by atoms with van der Waals surface area (Å²) in [4.78, 5) is 12.8. The van der Waals surface area contributed by atoms with Gasteiger partial charge in [-0.05, 0) is 41.5 Å². The van der Waals surface area contributed by atoms with Crippen LogP contribution in [0.5, 0.6) is 5.88 Å². The van der Waals surface area contributed by atoms with Crippen molar-refractivity contribution < 1.29 is 17.9 Å². The van der Waals surface area contributed by atoms with Crippen molar-refractivity contribution >= 4 is 21.9 Å². The first kappa shape index (κ1) is 22.2. The minimum absolute atomic E-state index is 0.365. The average molecular weight is 474 g/mol. The molecular weight excluding hydrogens is 457 g/mol. The third kappa shape index (κ3) is 3.77. The molecule has 2 aromatic carbocycles. The van der Waals surface area contributed by atoms with E-state index >= 15 is 0 Å². The largest absolute Gasteiger partial charge is 0.481 e. The van der Waals surface area contributed by atoms with Crippen LogP contribution in [0.25, 0.3) is 38.8 Å². The van der Waals surface area contributed by atoms with Crippen LogP contribution < -0.4 is 10.4 Å². The van der Waals surface area contributed by atoms with E-state index in [1.807, 2.05) is 24.4 Å². The predicted octanol–water partition coefficient (Wildman–Crippen LogP) is 4.99. The molecule has 0 aliphatic heterocycles. The van der Waals surface area contributed by atoms with Gasteiger partial charge in [-0.2, -0.15) is 18.4 Å². The Morgan fingerprint density at radius 3 is 2.34 bits per heavy atom. The fourth-order valence-electron chi connectivity index (χ4n) is 4.08. The van der Waals surface area contributed by atoms with E-state index in [1.165, 1.54) is 19.2 Å². The molecule has 0 aliphatic carbocycles. The van der Waals surface area contributed by atoms with Crippen LogP contribution in [-0.2, 0) is 13.2 Å². The number of hydrogen-bond donors (Lipinski definition) is 0. The highest BCUT2D eigenvalue weighted by molar-refractivity contribution is 6.04. The Balaban J connectivity index is 1.80. The maximum Gasteiger partial charge on any atom is 0.416 e. The summed E-state index contributed by atoms with van der Waals surface area (Å²) in [5, 5.41) is 10.1. The molecule has 10 heteroatoms. The van der Waals surface area contributed by atoms with Gasteiger partial charge in [-0.1, -0.05) is 18.2 Å². The second-order valence-electron chi connectivity index (χ2n) is 7.76. The van der Waals surface area contributed by atoms with Crippen molar-refractivity contribution in [2.24, 2.45) is 12.0 Å². The first-order valence-corrected chi connectivity index (χ1v) is 10.4. The zero-order valence-corrected chi connectivity index (χ0v) is 18.6. The lowest BCUT2D eigenvalue weighted by Crippen LogP contribution is -2.22. The van der Waals surface area contributed by atoms with Gasteiger partial charge >= 0.3 is 6.18 Å². The molecule has 5 rings (SSSR count). The van der Waals surface area contributed by atoms with E-state index in [2.05, 4.69) is 15.0 Å². The molecule has 0 N–H and O–H groups in total. The van der Waals surface area contributed by atoms with Crippen LogP contribution in [0.1, 0.15) is 5.56 Å². The smallest absolute Gasteiger partial charge is 0.416 e. The standard InChI is InChI=1S/C25H17F3N6O/c1-33-21-13-30-20-9-5-16(15-3-6-17(7-4-15)25(26,27)28)11-19(20)23(21)34(24(33)32-14-29)18-8-10-22(35-2)31-12-18/h3-13H,1-2H3/b32-24-. The number of nitrogens with zero attached hydrogens (tertiary/aromatic N) is 6. The van der Waals surface area contributed by atoms with Gasteiger partial charge in [-0.25, -0.2) is 4.98 Å². The summed E-state index contributed by atoms with van der Waals surface area (Å²) >= 11 is 0. The average Bonchev–Trinajstić information content (AvgIpc) is 3.15. The Labute approximate surface area is 197 Å². The number of ether oxygens (including phenoxy) is 1. The number of pyridine rings is 2. The number of fused-ring (bicyclic) bond motifs is 3. The summed E-state index contributed by atoms with van der Waals surface area (Å²) in [6, 6.07) is 14.0. The van der Waals surface area contributed by atoms with Crippen molar-refractivity contribution in [2.75, 3.05) is 7.11 Å². The van der Waals surface area contributed by atoms with Crippen LogP contribution >= 0.6 is 0 Å². The molecule has 0 radical (unpaired) electrons. The Kier molecular flexibility index (Phi) is 5.25. The van der Waals surface area contributed by atoms with Gasteiger partial charge in [0.05, 0.1) is 47.3 Å². The first-order chi connectivity index (χ1) is 16.8. The third-order valence-electron chi connectivity index (χ3n) is 5.79. The lowest BCUT2D eigenvalue weighted by molar-refractivity contribution is -0.137. The minimum atomic E-state index is -4.40. The summed E-state index contributed by atoms with van der Waals surface area (Å²) in [6.07, 6.45) is 0.750. The molecule has 3 aromatic heterocycles. The molecule has 7 nitrogen and oxygen atoms in total. The normalized spacial score (nSPS) is 12.3. The van der Waals surface area contributed by atoms with E-state index < -0.39 is 11.7 Å². The number of aryl methyl sites for hydroxylation is 1. The molecule has 0 fully saturated rings. The molecule has 0 unspecified atom stereocenters. The van der Waals surface area contributed by atoms with Gasteiger partial charge in [0.25, 0.3) is 0 Å². The number of nitriles is 1. The second kappa shape index (κ2) is 8.29. The van der Waals surface area contributed by atoms with Gasteiger partial charge in [-0.3, -0.25) is 9.55 Å². The maximum atomic E-state index is 13.0. The Morgan fingerprint density at radius 1 is 0.971 bits per heavy atom. The quantitative estimate of drug-likeness (QED) is 0.345. The van der Waals surface area contributed by atoms with Crippen LogP contribution in [0.3, 0.4) is 0 Å². The number of halogens is 3. The topological polar surface area (TPSA) is 81.0 Å². The molecule has 0 amide bonds. The number of methoxy groups -OCH3 is 1. The predicted molar refractivity (Wildman–Crippen MR) is 124 cm³/mol. The van der Waals surface area contributed by atoms with Gasteiger partial charge < -0.3 is 9.30 Å². The summed E-state index contributed by atoms with van der Waals surface area (Å²) in [6.45, 7) is 0. The molecule has 0 aliphatic rings. The molecular formula is C25H17F3N6O. The Bertz CT molecular complexity index is 1670. The lowest BCUT2D eigenvalue weighted by Gasteiger charge is -2.10. The van der Waals surface area contributed by atoms with Crippen molar-refractivity contribution in [3.8, 4) is 28.9 Å².